The van der Waals surface area contributed by atoms with E-state index in [9.17, 15) is 0 Å². The summed E-state index contributed by atoms with van der Waals surface area (Å²) < 4.78 is 0. The normalized spacial score (nSPS) is 9.38. The van der Waals surface area contributed by atoms with Gasteiger partial charge in [-0.15, -0.1) is 0 Å². The van der Waals surface area contributed by atoms with Crippen LogP contribution < -0.4 is 5.73 Å². The van der Waals surface area contributed by atoms with Crippen molar-refractivity contribution in [3.05, 3.63) is 29.3 Å². The Morgan fingerprint density at radius 3 is 1.85 bits per heavy atom. The maximum atomic E-state index is 5.62. The Hall–Kier alpha value is -1.02. The zero-order valence-corrected chi connectivity index (χ0v) is 9.26. The minimum atomic E-state index is 0.884. The van der Waals surface area contributed by atoms with Crippen molar-refractivity contribution in [3.63, 3.8) is 0 Å². The molecule has 0 amide bonds. The Balaban J connectivity index is 0.000000310. The molecule has 0 aliphatic rings. The van der Waals surface area contributed by atoms with Gasteiger partial charge in [-0.05, 0) is 52.2 Å². The van der Waals surface area contributed by atoms with Gasteiger partial charge in [0.1, 0.15) is 0 Å². The lowest BCUT2D eigenvalue weighted by Crippen LogP contribution is -1.99. The van der Waals surface area contributed by atoms with Crippen LogP contribution in [0.2, 0.25) is 0 Å². The summed E-state index contributed by atoms with van der Waals surface area (Å²) in [6.45, 7) is 4.09. The van der Waals surface area contributed by atoms with Crippen LogP contribution in [0.1, 0.15) is 11.1 Å². The van der Waals surface area contributed by atoms with Gasteiger partial charge in [0.05, 0.1) is 0 Å². The van der Waals surface area contributed by atoms with Gasteiger partial charge < -0.3 is 10.6 Å². The van der Waals surface area contributed by atoms with Gasteiger partial charge in [0.25, 0.3) is 0 Å². The lowest BCUT2D eigenvalue weighted by Gasteiger charge is -2.00. The SMILES string of the molecule is CN(C)C.Cc1cccc(N)c1C. The van der Waals surface area contributed by atoms with Crippen molar-refractivity contribution < 1.29 is 0 Å². The molecular formula is C11H20N2. The smallest absolute Gasteiger partial charge is 0.0346 e. The van der Waals surface area contributed by atoms with Gasteiger partial charge in [-0.3, -0.25) is 0 Å². The van der Waals surface area contributed by atoms with Crippen LogP contribution in [0.15, 0.2) is 18.2 Å². The lowest BCUT2D eigenvalue weighted by atomic mass is 10.1. The third-order valence-corrected chi connectivity index (χ3v) is 1.65. The molecule has 2 nitrogen and oxygen atoms in total. The van der Waals surface area contributed by atoms with E-state index in [4.69, 9.17) is 5.73 Å². The number of nitrogens with two attached hydrogens (primary N) is 1. The summed E-state index contributed by atoms with van der Waals surface area (Å²) in [7, 11) is 6.00. The largest absolute Gasteiger partial charge is 0.399 e. The van der Waals surface area contributed by atoms with Crippen LogP contribution in [0.4, 0.5) is 5.69 Å². The van der Waals surface area contributed by atoms with Crippen molar-refractivity contribution in [2.45, 2.75) is 13.8 Å². The molecule has 1 aromatic carbocycles. The van der Waals surface area contributed by atoms with Crippen LogP contribution in [0.25, 0.3) is 0 Å². The van der Waals surface area contributed by atoms with Crippen molar-refractivity contribution in [2.75, 3.05) is 26.9 Å². The summed E-state index contributed by atoms with van der Waals surface area (Å²) in [6.07, 6.45) is 0. The number of rotatable bonds is 0. The highest BCUT2D eigenvalue weighted by atomic mass is 15.0. The molecule has 0 saturated carbocycles. The van der Waals surface area contributed by atoms with Crippen molar-refractivity contribution in [3.8, 4) is 0 Å². The average Bonchev–Trinajstić information content (AvgIpc) is 1.99. The van der Waals surface area contributed by atoms with Crippen LogP contribution in [-0.2, 0) is 0 Å². The van der Waals surface area contributed by atoms with E-state index >= 15 is 0 Å². The zero-order valence-electron chi connectivity index (χ0n) is 9.26. The molecule has 0 radical (unpaired) electrons. The van der Waals surface area contributed by atoms with Gasteiger partial charge in [-0.25, -0.2) is 0 Å². The van der Waals surface area contributed by atoms with Crippen LogP contribution >= 0.6 is 0 Å². The summed E-state index contributed by atoms with van der Waals surface area (Å²) in [5.74, 6) is 0. The molecule has 13 heavy (non-hydrogen) atoms. The van der Waals surface area contributed by atoms with Gasteiger partial charge in [0.2, 0.25) is 0 Å². The van der Waals surface area contributed by atoms with Crippen LogP contribution in [-0.4, -0.2) is 26.0 Å². The van der Waals surface area contributed by atoms with Crippen LogP contribution in [0, 0.1) is 13.8 Å². The Morgan fingerprint density at radius 1 is 1.08 bits per heavy atom. The molecule has 1 rings (SSSR count). The highest BCUT2D eigenvalue weighted by molar-refractivity contribution is 5.49. The monoisotopic (exact) mass is 180 g/mol. The topological polar surface area (TPSA) is 29.3 Å². The molecule has 0 spiro atoms. The second kappa shape index (κ2) is 5.60. The summed E-state index contributed by atoms with van der Waals surface area (Å²) in [5, 5.41) is 0. The highest BCUT2D eigenvalue weighted by Gasteiger charge is 1.92. The fourth-order valence-electron chi connectivity index (χ4n) is 0.774. The van der Waals surface area contributed by atoms with Crippen LogP contribution in [0.3, 0.4) is 0 Å². The van der Waals surface area contributed by atoms with E-state index in [1.807, 2.05) is 45.1 Å². The summed E-state index contributed by atoms with van der Waals surface area (Å²) in [6, 6.07) is 5.95. The van der Waals surface area contributed by atoms with Crippen molar-refractivity contribution in [2.24, 2.45) is 0 Å². The number of anilines is 1. The first-order chi connectivity index (χ1) is 5.95. The van der Waals surface area contributed by atoms with Crippen molar-refractivity contribution in [1.29, 1.82) is 0 Å². The second-order valence-electron chi connectivity index (χ2n) is 3.63. The molecule has 74 valence electrons. The number of hydrogen-bond donors (Lipinski definition) is 1. The molecule has 2 N–H and O–H groups in total. The number of aryl methyl sites for hydroxylation is 1. The third-order valence-electron chi connectivity index (χ3n) is 1.65. The van der Waals surface area contributed by atoms with Gasteiger partial charge in [0.15, 0.2) is 0 Å². The zero-order chi connectivity index (χ0) is 10.4. The number of nitrogens with zero attached hydrogens (tertiary/aromatic N) is 1. The van der Waals surface area contributed by atoms with E-state index in [0.717, 1.165) is 5.69 Å². The fourth-order valence-corrected chi connectivity index (χ4v) is 0.774. The molecule has 0 saturated heterocycles. The Morgan fingerprint density at radius 2 is 1.54 bits per heavy atom. The minimum absolute atomic E-state index is 0.884. The predicted octanol–water partition coefficient (Wildman–Crippen LogP) is 2.06. The highest BCUT2D eigenvalue weighted by Crippen LogP contribution is 2.13. The molecule has 2 heteroatoms. The van der Waals surface area contributed by atoms with E-state index in [1.54, 1.807) is 0 Å². The maximum Gasteiger partial charge on any atom is 0.0346 e. The number of nitrogen functional groups attached to an aromatic ring is 1. The van der Waals surface area contributed by atoms with Gasteiger partial charge >= 0.3 is 0 Å². The van der Waals surface area contributed by atoms with Crippen molar-refractivity contribution in [1.82, 2.24) is 4.90 Å². The lowest BCUT2D eigenvalue weighted by molar-refractivity contribution is 0.505. The number of benzene rings is 1. The third kappa shape index (κ3) is 5.26. The van der Waals surface area contributed by atoms with E-state index < -0.39 is 0 Å². The molecule has 0 unspecified atom stereocenters. The summed E-state index contributed by atoms with van der Waals surface area (Å²) >= 11 is 0. The predicted molar refractivity (Wildman–Crippen MR) is 59.9 cm³/mol. The minimum Gasteiger partial charge on any atom is -0.399 e. The summed E-state index contributed by atoms with van der Waals surface area (Å²) in [5.41, 5.74) is 8.96. The van der Waals surface area contributed by atoms with E-state index in [0.29, 0.717) is 0 Å². The number of hydrogen-bond acceptors (Lipinski definition) is 2. The van der Waals surface area contributed by atoms with E-state index in [-0.39, 0.29) is 0 Å². The molecular weight excluding hydrogens is 160 g/mol. The van der Waals surface area contributed by atoms with Crippen LogP contribution in [0.5, 0.6) is 0 Å². The standard InChI is InChI=1S/C8H11N.C3H9N/c1-6-4-3-5-8(9)7(6)2;1-4(2)3/h3-5H,9H2,1-2H3;1-3H3. The molecule has 0 aliphatic carbocycles. The second-order valence-corrected chi connectivity index (χ2v) is 3.63. The average molecular weight is 180 g/mol. The first-order valence-corrected chi connectivity index (χ1v) is 4.37. The van der Waals surface area contributed by atoms with Crippen molar-refractivity contribution >= 4 is 5.69 Å². The first-order valence-electron chi connectivity index (χ1n) is 4.37. The van der Waals surface area contributed by atoms with Gasteiger partial charge in [0, 0.05) is 5.69 Å². The van der Waals surface area contributed by atoms with E-state index in [1.165, 1.54) is 11.1 Å². The molecule has 0 bridgehead atoms. The first kappa shape index (κ1) is 12.0. The molecule has 1 aromatic rings. The Bertz CT molecular complexity index is 231. The quantitative estimate of drug-likeness (QED) is 0.619. The van der Waals surface area contributed by atoms with Gasteiger partial charge in [-0.2, -0.15) is 0 Å². The molecule has 0 aromatic heterocycles. The fraction of sp³-hybridized carbons (Fsp3) is 0.455. The molecule has 0 aliphatic heterocycles. The molecule has 0 atom stereocenters. The Kier molecular flexibility index (Phi) is 5.16. The summed E-state index contributed by atoms with van der Waals surface area (Å²) in [4.78, 5) is 2.00. The van der Waals surface area contributed by atoms with E-state index in [2.05, 4.69) is 13.0 Å². The molecule has 0 heterocycles. The maximum absolute atomic E-state index is 5.62. The molecule has 0 fully saturated rings. The Labute approximate surface area is 81.4 Å². The van der Waals surface area contributed by atoms with Gasteiger partial charge in [-0.1, -0.05) is 12.1 Å².